The molecule has 27 heavy (non-hydrogen) atoms. The fraction of sp³-hybridized carbons (Fsp3) is 0.211. The smallest absolute Gasteiger partial charge is 0.354 e. The Kier molecular flexibility index (Phi) is 5.09. The number of benzene rings is 2. The van der Waals surface area contributed by atoms with Crippen molar-refractivity contribution in [1.29, 1.82) is 0 Å². The van der Waals surface area contributed by atoms with E-state index < -0.39 is 15.8 Å². The first-order valence-corrected chi connectivity index (χ1v) is 10.0. The highest BCUT2D eigenvalue weighted by Crippen LogP contribution is 2.26. The molecule has 1 aromatic heterocycles. The van der Waals surface area contributed by atoms with Crippen LogP contribution in [0.15, 0.2) is 47.4 Å². The van der Waals surface area contributed by atoms with Crippen LogP contribution >= 0.6 is 0 Å². The number of ether oxygens (including phenoxy) is 2. The number of H-pyrrole nitrogens is 1. The summed E-state index contributed by atoms with van der Waals surface area (Å²) in [6.45, 7) is 0.437. The summed E-state index contributed by atoms with van der Waals surface area (Å²) in [6.07, 6.45) is 1.15. The second-order valence-corrected chi connectivity index (χ2v) is 8.07. The molecular formula is C19H20N2O5S. The molecule has 7 nitrogen and oxygen atoms in total. The summed E-state index contributed by atoms with van der Waals surface area (Å²) in [5.41, 5.74) is 2.86. The van der Waals surface area contributed by atoms with Crippen molar-refractivity contribution in [3.63, 3.8) is 0 Å². The Bertz CT molecular complexity index is 1100. The van der Waals surface area contributed by atoms with Crippen molar-refractivity contribution in [1.82, 2.24) is 4.98 Å². The summed E-state index contributed by atoms with van der Waals surface area (Å²) in [4.78, 5) is 14.8. The summed E-state index contributed by atoms with van der Waals surface area (Å²) < 4.78 is 33.7. The van der Waals surface area contributed by atoms with Crippen LogP contribution in [0.5, 0.6) is 5.75 Å². The van der Waals surface area contributed by atoms with E-state index >= 15 is 0 Å². The van der Waals surface area contributed by atoms with Crippen LogP contribution in [0.2, 0.25) is 0 Å². The van der Waals surface area contributed by atoms with Gasteiger partial charge in [0.05, 0.1) is 14.2 Å². The van der Waals surface area contributed by atoms with Crippen LogP contribution in [0.3, 0.4) is 0 Å². The predicted octanol–water partition coefficient (Wildman–Crippen LogP) is 2.98. The molecule has 0 amide bonds. The Hall–Kier alpha value is -3.00. The first-order chi connectivity index (χ1) is 12.8. The monoisotopic (exact) mass is 388 g/mol. The first kappa shape index (κ1) is 18.8. The molecule has 0 unspecified atom stereocenters. The van der Waals surface area contributed by atoms with E-state index in [4.69, 9.17) is 9.47 Å². The lowest BCUT2D eigenvalue weighted by Gasteiger charge is -2.11. The van der Waals surface area contributed by atoms with Crippen molar-refractivity contribution in [3.8, 4) is 5.75 Å². The van der Waals surface area contributed by atoms with E-state index in [1.54, 1.807) is 18.2 Å². The lowest BCUT2D eigenvalue weighted by molar-refractivity contribution is 0.0595. The van der Waals surface area contributed by atoms with Crippen LogP contribution in [0.25, 0.3) is 10.9 Å². The number of anilines is 1. The van der Waals surface area contributed by atoms with Gasteiger partial charge in [-0.15, -0.1) is 0 Å². The molecule has 0 saturated carbocycles. The third kappa shape index (κ3) is 4.06. The van der Waals surface area contributed by atoms with E-state index in [2.05, 4.69) is 10.3 Å². The van der Waals surface area contributed by atoms with E-state index in [0.717, 1.165) is 28.4 Å². The summed E-state index contributed by atoms with van der Waals surface area (Å²) in [5, 5.41) is 4.12. The zero-order chi connectivity index (χ0) is 19.6. The number of hydrogen-bond donors (Lipinski definition) is 2. The molecule has 0 spiro atoms. The summed E-state index contributed by atoms with van der Waals surface area (Å²) in [5.74, 6) is -0.0995. The van der Waals surface area contributed by atoms with Gasteiger partial charge in [-0.25, -0.2) is 13.2 Å². The van der Waals surface area contributed by atoms with Crippen molar-refractivity contribution in [2.75, 3.05) is 25.8 Å². The van der Waals surface area contributed by atoms with E-state index in [1.807, 2.05) is 24.3 Å². The second kappa shape index (κ2) is 7.32. The van der Waals surface area contributed by atoms with Crippen molar-refractivity contribution in [3.05, 3.63) is 53.7 Å². The van der Waals surface area contributed by atoms with E-state index in [9.17, 15) is 13.2 Å². The maximum Gasteiger partial charge on any atom is 0.354 e. The third-order valence-electron chi connectivity index (χ3n) is 4.15. The molecule has 3 rings (SSSR count). The second-order valence-electron chi connectivity index (χ2n) is 6.09. The number of carbonyl (C=O) groups is 1. The molecule has 0 aliphatic carbocycles. The first-order valence-electron chi connectivity index (χ1n) is 8.14. The van der Waals surface area contributed by atoms with Gasteiger partial charge in [0.2, 0.25) is 0 Å². The van der Waals surface area contributed by atoms with Crippen molar-refractivity contribution < 1.29 is 22.7 Å². The molecule has 0 saturated heterocycles. The standard InChI is InChI=1S/C19H20N2O5S/c1-25-17-7-4-12(8-18(17)27(3,23)24)11-20-14-5-6-15-13(9-14)10-16(21-15)19(22)26-2/h4-10,20-21H,11H2,1-3H3. The summed E-state index contributed by atoms with van der Waals surface area (Å²) in [7, 11) is -0.614. The number of aromatic amines is 1. The highest BCUT2D eigenvalue weighted by molar-refractivity contribution is 7.90. The van der Waals surface area contributed by atoms with Gasteiger partial charge in [0.1, 0.15) is 16.3 Å². The van der Waals surface area contributed by atoms with Crippen LogP contribution in [-0.2, 0) is 21.1 Å². The number of fused-ring (bicyclic) bond motifs is 1. The minimum Gasteiger partial charge on any atom is -0.495 e. The highest BCUT2D eigenvalue weighted by Gasteiger charge is 2.15. The number of sulfone groups is 1. The van der Waals surface area contributed by atoms with Gasteiger partial charge in [0.25, 0.3) is 0 Å². The number of hydrogen-bond acceptors (Lipinski definition) is 6. The quantitative estimate of drug-likeness (QED) is 0.630. The molecule has 2 N–H and O–H groups in total. The molecule has 0 radical (unpaired) electrons. The molecule has 0 bridgehead atoms. The molecule has 1 heterocycles. The van der Waals surface area contributed by atoms with Gasteiger partial charge >= 0.3 is 5.97 Å². The zero-order valence-electron chi connectivity index (χ0n) is 15.2. The average Bonchev–Trinajstić information content (AvgIpc) is 3.08. The van der Waals surface area contributed by atoms with E-state index in [-0.39, 0.29) is 4.90 Å². The van der Waals surface area contributed by atoms with Crippen LogP contribution in [0, 0.1) is 0 Å². The van der Waals surface area contributed by atoms with E-state index in [0.29, 0.717) is 18.0 Å². The lowest BCUT2D eigenvalue weighted by atomic mass is 10.2. The van der Waals surface area contributed by atoms with Crippen LogP contribution < -0.4 is 10.1 Å². The Labute approximate surface area is 157 Å². The minimum atomic E-state index is -3.39. The average molecular weight is 388 g/mol. The number of esters is 1. The normalized spacial score (nSPS) is 11.4. The summed E-state index contributed by atoms with van der Waals surface area (Å²) >= 11 is 0. The van der Waals surface area contributed by atoms with Crippen molar-refractivity contribution in [2.45, 2.75) is 11.4 Å². The number of rotatable bonds is 6. The Morgan fingerprint density at radius 2 is 1.89 bits per heavy atom. The number of methoxy groups -OCH3 is 2. The third-order valence-corrected chi connectivity index (χ3v) is 5.27. The number of aromatic nitrogens is 1. The number of carbonyl (C=O) groups excluding carboxylic acids is 1. The van der Waals surface area contributed by atoms with Gasteiger partial charge in [-0.1, -0.05) is 6.07 Å². The van der Waals surface area contributed by atoms with Gasteiger partial charge in [0, 0.05) is 29.4 Å². The lowest BCUT2D eigenvalue weighted by Crippen LogP contribution is -2.04. The highest BCUT2D eigenvalue weighted by atomic mass is 32.2. The molecule has 0 atom stereocenters. The topological polar surface area (TPSA) is 97.5 Å². The van der Waals surface area contributed by atoms with Gasteiger partial charge < -0.3 is 19.8 Å². The Balaban J connectivity index is 1.81. The van der Waals surface area contributed by atoms with Crippen molar-refractivity contribution in [2.24, 2.45) is 0 Å². The van der Waals surface area contributed by atoms with Crippen molar-refractivity contribution >= 4 is 32.4 Å². The van der Waals surface area contributed by atoms with Gasteiger partial charge in [-0.05, 0) is 42.0 Å². The molecule has 3 aromatic rings. The fourth-order valence-corrected chi connectivity index (χ4v) is 3.67. The predicted molar refractivity (Wildman–Crippen MR) is 103 cm³/mol. The van der Waals surface area contributed by atoms with E-state index in [1.165, 1.54) is 14.2 Å². The molecule has 0 fully saturated rings. The number of nitrogens with one attached hydrogen (secondary N) is 2. The molecule has 0 aliphatic rings. The van der Waals surface area contributed by atoms with Crippen LogP contribution in [0.4, 0.5) is 5.69 Å². The molecular weight excluding hydrogens is 368 g/mol. The minimum absolute atomic E-state index is 0.160. The SMILES string of the molecule is COC(=O)c1cc2cc(NCc3ccc(OC)c(S(C)(=O)=O)c3)ccc2[nH]1. The van der Waals surface area contributed by atoms with Crippen LogP contribution in [0.1, 0.15) is 16.1 Å². The van der Waals surface area contributed by atoms with Gasteiger partial charge in [0.15, 0.2) is 9.84 Å². The molecule has 142 valence electrons. The Morgan fingerprint density at radius 1 is 1.11 bits per heavy atom. The summed E-state index contributed by atoms with van der Waals surface area (Å²) in [6, 6.07) is 12.4. The van der Waals surface area contributed by atoms with Crippen LogP contribution in [-0.4, -0.2) is 39.8 Å². The fourth-order valence-electron chi connectivity index (χ4n) is 2.79. The zero-order valence-corrected chi connectivity index (χ0v) is 16.0. The van der Waals surface area contributed by atoms with Gasteiger partial charge in [-0.2, -0.15) is 0 Å². The van der Waals surface area contributed by atoms with Gasteiger partial charge in [-0.3, -0.25) is 0 Å². The molecule has 8 heteroatoms. The maximum atomic E-state index is 11.9. The largest absolute Gasteiger partial charge is 0.495 e. The molecule has 2 aromatic carbocycles. The maximum absolute atomic E-state index is 11.9. The Morgan fingerprint density at radius 3 is 2.56 bits per heavy atom. The molecule has 0 aliphatic heterocycles.